The van der Waals surface area contributed by atoms with E-state index >= 15 is 0 Å². The maximum Gasteiger partial charge on any atom is 0.236 e. The molecule has 0 saturated carbocycles. The van der Waals surface area contributed by atoms with Gasteiger partial charge >= 0.3 is 0 Å². The van der Waals surface area contributed by atoms with Crippen LogP contribution in [0.25, 0.3) is 0 Å². The van der Waals surface area contributed by atoms with E-state index in [1.54, 1.807) is 7.11 Å². The first-order valence-corrected chi connectivity index (χ1v) is 13.1. The molecule has 6 heteroatoms. The van der Waals surface area contributed by atoms with Crippen LogP contribution >= 0.6 is 0 Å². The van der Waals surface area contributed by atoms with E-state index in [2.05, 4.69) is 28.4 Å². The van der Waals surface area contributed by atoms with Gasteiger partial charge in [0.2, 0.25) is 11.8 Å². The van der Waals surface area contributed by atoms with Crippen LogP contribution in [0.15, 0.2) is 54.6 Å². The molecule has 1 N–H and O–H groups in total. The van der Waals surface area contributed by atoms with Gasteiger partial charge in [-0.1, -0.05) is 61.0 Å². The van der Waals surface area contributed by atoms with E-state index < -0.39 is 0 Å². The highest BCUT2D eigenvalue weighted by molar-refractivity contribution is 5.80. The number of likely N-dealkylation sites (tertiary alicyclic amines) is 2. The molecule has 35 heavy (non-hydrogen) atoms. The van der Waals surface area contributed by atoms with Crippen molar-refractivity contribution < 1.29 is 14.3 Å². The number of benzene rings is 2. The van der Waals surface area contributed by atoms with Crippen LogP contribution in [-0.4, -0.2) is 67.6 Å². The summed E-state index contributed by atoms with van der Waals surface area (Å²) in [5.41, 5.74) is 3.21. The minimum Gasteiger partial charge on any atom is -0.378 e. The Hall–Kier alpha value is -2.70. The number of ether oxygens (including phenoxy) is 1. The summed E-state index contributed by atoms with van der Waals surface area (Å²) in [7, 11) is 1.75. The summed E-state index contributed by atoms with van der Waals surface area (Å²) in [5, 5.41) is 3.29. The van der Waals surface area contributed by atoms with Gasteiger partial charge in [-0.2, -0.15) is 0 Å². The van der Waals surface area contributed by atoms with E-state index in [9.17, 15) is 9.59 Å². The summed E-state index contributed by atoms with van der Waals surface area (Å²) >= 11 is 0. The van der Waals surface area contributed by atoms with Crippen molar-refractivity contribution in [1.82, 2.24) is 15.1 Å². The van der Waals surface area contributed by atoms with E-state index in [1.165, 1.54) is 24.8 Å². The summed E-state index contributed by atoms with van der Waals surface area (Å²) < 4.78 is 6.14. The Kier molecular flexibility index (Phi) is 7.21. The second kappa shape index (κ2) is 10.5. The van der Waals surface area contributed by atoms with Gasteiger partial charge in [-0.15, -0.1) is 0 Å². The van der Waals surface area contributed by atoms with Crippen molar-refractivity contribution in [2.24, 2.45) is 0 Å². The standard InChI is InChI=1S/C29H37N3O3/c1-35-28-27(30-25(33)20-22-10-4-2-5-11-22)23-12-6-7-13-24(23)29(28)14-18-32(19-15-29)26(34)21-31-16-8-3-9-17-31/h2,4-7,10-13,27-28H,3,8-9,14-21H2,1H3,(H,30,33)/t27-,28+/m1/s1. The quantitative estimate of drug-likeness (QED) is 0.695. The maximum absolute atomic E-state index is 13.0. The Morgan fingerprint density at radius 1 is 0.943 bits per heavy atom. The first-order valence-electron chi connectivity index (χ1n) is 13.1. The van der Waals surface area contributed by atoms with Gasteiger partial charge < -0.3 is 15.0 Å². The van der Waals surface area contributed by atoms with Crippen LogP contribution in [0.4, 0.5) is 0 Å². The number of hydrogen-bond acceptors (Lipinski definition) is 4. The maximum atomic E-state index is 13.0. The molecular weight excluding hydrogens is 438 g/mol. The largest absolute Gasteiger partial charge is 0.378 e. The van der Waals surface area contributed by atoms with E-state index in [0.717, 1.165) is 50.1 Å². The molecule has 0 unspecified atom stereocenters. The fourth-order valence-electron chi connectivity index (χ4n) is 6.50. The fourth-order valence-corrected chi connectivity index (χ4v) is 6.50. The van der Waals surface area contributed by atoms with Gasteiger partial charge in [-0.3, -0.25) is 14.5 Å². The molecule has 186 valence electrons. The zero-order chi connectivity index (χ0) is 24.3. The van der Waals surface area contributed by atoms with E-state index in [-0.39, 0.29) is 29.4 Å². The molecule has 3 aliphatic rings. The molecule has 2 fully saturated rings. The Labute approximate surface area is 208 Å². The van der Waals surface area contributed by atoms with Gasteiger partial charge in [0, 0.05) is 25.6 Å². The molecule has 0 radical (unpaired) electrons. The van der Waals surface area contributed by atoms with Crippen molar-refractivity contribution >= 4 is 11.8 Å². The number of rotatable bonds is 6. The van der Waals surface area contributed by atoms with Crippen LogP contribution in [0.1, 0.15) is 54.8 Å². The van der Waals surface area contributed by atoms with Gasteiger partial charge in [0.05, 0.1) is 25.1 Å². The lowest BCUT2D eigenvalue weighted by molar-refractivity contribution is -0.135. The highest BCUT2D eigenvalue weighted by Crippen LogP contribution is 2.52. The fraction of sp³-hybridized carbons (Fsp3) is 0.517. The molecule has 0 aromatic heterocycles. The molecular formula is C29H37N3O3. The molecule has 5 rings (SSSR count). The Bertz CT molecular complexity index is 1030. The Morgan fingerprint density at radius 3 is 2.34 bits per heavy atom. The molecule has 1 aliphatic carbocycles. The zero-order valence-electron chi connectivity index (χ0n) is 20.7. The highest BCUT2D eigenvalue weighted by Gasteiger charge is 2.54. The third-order valence-corrected chi connectivity index (χ3v) is 8.27. The van der Waals surface area contributed by atoms with Crippen molar-refractivity contribution in [3.05, 3.63) is 71.3 Å². The molecule has 2 aromatic carbocycles. The minimum atomic E-state index is -0.196. The average Bonchev–Trinajstić information content (AvgIpc) is 3.13. The Morgan fingerprint density at radius 2 is 1.63 bits per heavy atom. The van der Waals surface area contributed by atoms with Crippen LogP contribution < -0.4 is 5.32 Å². The minimum absolute atomic E-state index is 0.00393. The van der Waals surface area contributed by atoms with E-state index in [0.29, 0.717) is 13.0 Å². The average molecular weight is 476 g/mol. The number of nitrogens with zero attached hydrogens (tertiary/aromatic N) is 2. The SMILES string of the molecule is CO[C@H]1[C@H](NC(=O)Cc2ccccc2)c2ccccc2C12CCN(C(=O)CN1CCCCC1)CC2. The van der Waals surface area contributed by atoms with Gasteiger partial charge in [-0.25, -0.2) is 0 Å². The molecule has 2 saturated heterocycles. The molecule has 0 bridgehead atoms. The lowest BCUT2D eigenvalue weighted by Crippen LogP contribution is -2.53. The predicted octanol–water partition coefficient (Wildman–Crippen LogP) is 3.46. The number of hydrogen-bond donors (Lipinski definition) is 1. The lowest BCUT2D eigenvalue weighted by atomic mass is 9.72. The van der Waals surface area contributed by atoms with Crippen molar-refractivity contribution in [3.63, 3.8) is 0 Å². The molecule has 2 aromatic rings. The number of amides is 2. The van der Waals surface area contributed by atoms with Crippen molar-refractivity contribution in [3.8, 4) is 0 Å². The predicted molar refractivity (Wildman–Crippen MR) is 136 cm³/mol. The molecule has 6 nitrogen and oxygen atoms in total. The molecule has 1 spiro atoms. The zero-order valence-corrected chi connectivity index (χ0v) is 20.7. The van der Waals surface area contributed by atoms with Crippen LogP contribution in [0.3, 0.4) is 0 Å². The van der Waals surface area contributed by atoms with Gasteiger partial charge in [0.25, 0.3) is 0 Å². The smallest absolute Gasteiger partial charge is 0.236 e. The summed E-state index contributed by atoms with van der Waals surface area (Å²) in [6.07, 6.45) is 5.55. The highest BCUT2D eigenvalue weighted by atomic mass is 16.5. The van der Waals surface area contributed by atoms with Gasteiger partial charge in [0.15, 0.2) is 0 Å². The second-order valence-corrected chi connectivity index (χ2v) is 10.3. The van der Waals surface area contributed by atoms with E-state index in [4.69, 9.17) is 4.74 Å². The number of carbonyl (C=O) groups is 2. The van der Waals surface area contributed by atoms with Crippen molar-refractivity contribution in [1.29, 1.82) is 0 Å². The van der Waals surface area contributed by atoms with Gasteiger partial charge in [-0.05, 0) is 55.5 Å². The number of nitrogens with one attached hydrogen (secondary N) is 1. The van der Waals surface area contributed by atoms with Crippen molar-refractivity contribution in [2.75, 3.05) is 39.8 Å². The normalized spacial score (nSPS) is 23.7. The van der Waals surface area contributed by atoms with E-state index in [1.807, 2.05) is 41.3 Å². The van der Waals surface area contributed by atoms with Gasteiger partial charge in [0.1, 0.15) is 0 Å². The van der Waals surface area contributed by atoms with Crippen LogP contribution in [0.2, 0.25) is 0 Å². The molecule has 2 atom stereocenters. The summed E-state index contributed by atoms with van der Waals surface area (Å²) in [4.78, 5) is 30.4. The summed E-state index contributed by atoms with van der Waals surface area (Å²) in [6.45, 7) is 4.06. The molecule has 2 heterocycles. The molecule has 2 amide bonds. The number of fused-ring (bicyclic) bond motifs is 2. The molecule has 2 aliphatic heterocycles. The summed E-state index contributed by atoms with van der Waals surface area (Å²) in [5.74, 6) is 0.249. The van der Waals surface area contributed by atoms with Crippen LogP contribution in [0.5, 0.6) is 0 Å². The third-order valence-electron chi connectivity index (χ3n) is 8.27. The van der Waals surface area contributed by atoms with Crippen molar-refractivity contribution in [2.45, 2.75) is 56.1 Å². The lowest BCUT2D eigenvalue weighted by Gasteiger charge is -2.44. The van der Waals surface area contributed by atoms with Crippen LogP contribution in [-0.2, 0) is 26.2 Å². The van der Waals surface area contributed by atoms with Crippen LogP contribution in [0, 0.1) is 0 Å². The summed E-state index contributed by atoms with van der Waals surface area (Å²) in [6, 6.07) is 18.1. The first-order chi connectivity index (χ1) is 17.1. The number of piperidine rings is 2. The monoisotopic (exact) mass is 475 g/mol. The number of methoxy groups -OCH3 is 1. The second-order valence-electron chi connectivity index (χ2n) is 10.3. The topological polar surface area (TPSA) is 61.9 Å². The Balaban J connectivity index is 1.30. The first kappa shape index (κ1) is 24.0. The number of carbonyl (C=O) groups excluding carboxylic acids is 2. The third kappa shape index (κ3) is 4.87.